The Morgan fingerprint density at radius 3 is 2.31 bits per heavy atom. The Hall–Kier alpha value is 0.160. The van der Waals surface area contributed by atoms with Gasteiger partial charge in [-0.05, 0) is 28.1 Å². The fourth-order valence-electron chi connectivity index (χ4n) is 0.732. The van der Waals surface area contributed by atoms with E-state index < -0.39 is 24.8 Å². The van der Waals surface area contributed by atoms with Crippen molar-refractivity contribution in [1.29, 1.82) is 0 Å². The average molecular weight is 308 g/mol. The summed E-state index contributed by atoms with van der Waals surface area (Å²) in [5, 5.41) is -0.510. The molecule has 0 spiro atoms. The van der Waals surface area contributed by atoms with Crippen LogP contribution in [0.1, 0.15) is 0 Å². The third kappa shape index (κ3) is 2.34. The third-order valence-corrected chi connectivity index (χ3v) is 4.03. The summed E-state index contributed by atoms with van der Waals surface area (Å²) in [6.07, 6.45) is 0. The Labute approximate surface area is 92.2 Å². The molecule has 0 amide bonds. The second-order valence-corrected chi connectivity index (χ2v) is 5.85. The molecule has 0 N–H and O–H groups in total. The lowest BCUT2D eigenvalue weighted by molar-refractivity contribution is 0.601. The molecule has 0 bridgehead atoms. The first-order chi connectivity index (χ1) is 5.84. The highest BCUT2D eigenvalue weighted by molar-refractivity contribution is 9.10. The minimum absolute atomic E-state index is 0.133. The molecule has 0 heterocycles. The summed E-state index contributed by atoms with van der Waals surface area (Å²) < 4.78 is 34.8. The van der Waals surface area contributed by atoms with Crippen LogP contribution >= 0.6 is 38.2 Å². The standard InChI is InChI=1S/C6H2BrCl2FO2S/c7-3-1-2-4(10)5(8)6(3)13(9,11)12/h1-2H. The first kappa shape index (κ1) is 11.2. The van der Waals surface area contributed by atoms with Crippen LogP contribution in [0.15, 0.2) is 21.5 Å². The van der Waals surface area contributed by atoms with Crippen molar-refractivity contribution in [3.63, 3.8) is 0 Å². The Kier molecular flexibility index (Phi) is 3.22. The van der Waals surface area contributed by atoms with E-state index in [1.807, 2.05) is 0 Å². The summed E-state index contributed by atoms with van der Waals surface area (Å²) in [7, 11) is 0.999. The maximum atomic E-state index is 12.8. The van der Waals surface area contributed by atoms with Crippen molar-refractivity contribution in [3.05, 3.63) is 27.4 Å². The lowest BCUT2D eigenvalue weighted by atomic mass is 10.3. The van der Waals surface area contributed by atoms with Crippen LogP contribution in [0.2, 0.25) is 5.02 Å². The smallest absolute Gasteiger partial charge is 0.207 e. The quantitative estimate of drug-likeness (QED) is 0.590. The molecule has 72 valence electrons. The van der Waals surface area contributed by atoms with Gasteiger partial charge in [0.1, 0.15) is 10.7 Å². The average Bonchev–Trinajstić information content (AvgIpc) is 1.95. The van der Waals surface area contributed by atoms with E-state index in [4.69, 9.17) is 22.3 Å². The van der Waals surface area contributed by atoms with Gasteiger partial charge in [-0.2, -0.15) is 0 Å². The molecule has 1 aromatic rings. The van der Waals surface area contributed by atoms with Gasteiger partial charge in [-0.15, -0.1) is 0 Å². The zero-order valence-corrected chi connectivity index (χ0v) is 9.81. The Balaban J connectivity index is 3.62. The number of hydrogen-bond donors (Lipinski definition) is 0. The van der Waals surface area contributed by atoms with Gasteiger partial charge in [0.05, 0.1) is 5.02 Å². The normalized spacial score (nSPS) is 11.7. The summed E-state index contributed by atoms with van der Waals surface area (Å²) in [5.74, 6) is -0.830. The van der Waals surface area contributed by atoms with Gasteiger partial charge in [-0.1, -0.05) is 11.6 Å². The number of halogens is 4. The predicted molar refractivity (Wildman–Crippen MR) is 52.1 cm³/mol. The van der Waals surface area contributed by atoms with Gasteiger partial charge in [0.2, 0.25) is 0 Å². The molecule has 1 rings (SSSR count). The highest BCUT2D eigenvalue weighted by Crippen LogP contribution is 2.33. The van der Waals surface area contributed by atoms with E-state index in [-0.39, 0.29) is 4.47 Å². The molecule has 0 aromatic heterocycles. The largest absolute Gasteiger partial charge is 0.264 e. The Bertz CT molecular complexity index is 446. The van der Waals surface area contributed by atoms with E-state index in [2.05, 4.69) is 15.9 Å². The minimum atomic E-state index is -4.03. The zero-order valence-electron chi connectivity index (χ0n) is 5.89. The van der Waals surface area contributed by atoms with Crippen molar-refractivity contribution in [2.75, 3.05) is 0 Å². The van der Waals surface area contributed by atoms with E-state index in [0.29, 0.717) is 0 Å². The van der Waals surface area contributed by atoms with Gasteiger partial charge < -0.3 is 0 Å². The summed E-state index contributed by atoms with van der Waals surface area (Å²) in [4.78, 5) is -0.448. The van der Waals surface area contributed by atoms with Crippen molar-refractivity contribution in [2.45, 2.75) is 4.90 Å². The maximum Gasteiger partial charge on any atom is 0.264 e. The van der Waals surface area contributed by atoms with Crippen molar-refractivity contribution >= 4 is 47.3 Å². The predicted octanol–water partition coefficient (Wildman–Crippen LogP) is 3.17. The van der Waals surface area contributed by atoms with Crippen molar-refractivity contribution in [3.8, 4) is 0 Å². The van der Waals surface area contributed by atoms with Crippen molar-refractivity contribution < 1.29 is 12.8 Å². The molecule has 0 saturated carbocycles. The first-order valence-corrected chi connectivity index (χ1v) is 6.40. The molecule has 0 aliphatic carbocycles. The molecule has 0 aliphatic rings. The molecule has 1 aromatic carbocycles. The van der Waals surface area contributed by atoms with E-state index >= 15 is 0 Å². The topological polar surface area (TPSA) is 34.1 Å². The van der Waals surface area contributed by atoms with E-state index in [0.717, 1.165) is 6.07 Å². The number of hydrogen-bond acceptors (Lipinski definition) is 2. The van der Waals surface area contributed by atoms with Crippen LogP contribution in [0, 0.1) is 5.82 Å². The fourth-order valence-corrected chi connectivity index (χ4v) is 3.78. The van der Waals surface area contributed by atoms with Crippen LogP contribution in [0.3, 0.4) is 0 Å². The molecule has 0 radical (unpaired) electrons. The number of benzene rings is 1. The molecular weight excluding hydrogens is 306 g/mol. The lowest BCUT2D eigenvalue weighted by Gasteiger charge is -2.03. The first-order valence-electron chi connectivity index (χ1n) is 2.92. The van der Waals surface area contributed by atoms with Crippen LogP contribution in [0.4, 0.5) is 4.39 Å². The molecule has 13 heavy (non-hydrogen) atoms. The second kappa shape index (κ2) is 3.73. The van der Waals surface area contributed by atoms with Crippen LogP contribution in [0.5, 0.6) is 0 Å². The molecule has 0 saturated heterocycles. The van der Waals surface area contributed by atoms with Gasteiger partial charge in [-0.25, -0.2) is 12.8 Å². The summed E-state index contributed by atoms with van der Waals surface area (Å²) >= 11 is 8.32. The van der Waals surface area contributed by atoms with Crippen molar-refractivity contribution in [2.24, 2.45) is 0 Å². The Morgan fingerprint density at radius 1 is 1.38 bits per heavy atom. The van der Waals surface area contributed by atoms with E-state index in [1.54, 1.807) is 0 Å². The lowest BCUT2D eigenvalue weighted by Crippen LogP contribution is -1.95. The molecule has 0 unspecified atom stereocenters. The minimum Gasteiger partial charge on any atom is -0.207 e. The molecule has 2 nitrogen and oxygen atoms in total. The molecular formula is C6H2BrCl2FO2S. The maximum absolute atomic E-state index is 12.8. The fraction of sp³-hybridized carbons (Fsp3) is 0. The third-order valence-electron chi connectivity index (χ3n) is 1.25. The van der Waals surface area contributed by atoms with Gasteiger partial charge in [-0.3, -0.25) is 0 Å². The van der Waals surface area contributed by atoms with Gasteiger partial charge in [0.25, 0.3) is 9.05 Å². The van der Waals surface area contributed by atoms with Crippen LogP contribution < -0.4 is 0 Å². The van der Waals surface area contributed by atoms with Gasteiger partial charge >= 0.3 is 0 Å². The summed E-state index contributed by atoms with van der Waals surface area (Å²) in [6.45, 7) is 0. The van der Waals surface area contributed by atoms with E-state index in [9.17, 15) is 12.8 Å². The monoisotopic (exact) mass is 306 g/mol. The SMILES string of the molecule is O=S(=O)(Cl)c1c(Br)ccc(F)c1Cl. The number of rotatable bonds is 1. The van der Waals surface area contributed by atoms with Crippen LogP contribution in [-0.2, 0) is 9.05 Å². The highest BCUT2D eigenvalue weighted by Gasteiger charge is 2.21. The van der Waals surface area contributed by atoms with Gasteiger partial charge in [0.15, 0.2) is 0 Å². The van der Waals surface area contributed by atoms with Crippen molar-refractivity contribution in [1.82, 2.24) is 0 Å². The Morgan fingerprint density at radius 2 is 1.92 bits per heavy atom. The van der Waals surface area contributed by atoms with E-state index in [1.165, 1.54) is 6.07 Å². The summed E-state index contributed by atoms with van der Waals surface area (Å²) in [6, 6.07) is 2.26. The molecule has 0 atom stereocenters. The molecule has 0 fully saturated rings. The van der Waals surface area contributed by atoms with Gasteiger partial charge in [0, 0.05) is 15.2 Å². The zero-order chi connectivity index (χ0) is 10.2. The van der Waals surface area contributed by atoms with Crippen LogP contribution in [0.25, 0.3) is 0 Å². The summed E-state index contributed by atoms with van der Waals surface area (Å²) in [5.41, 5.74) is 0. The molecule has 0 aliphatic heterocycles. The highest BCUT2D eigenvalue weighted by atomic mass is 79.9. The second-order valence-electron chi connectivity index (χ2n) is 2.11. The van der Waals surface area contributed by atoms with Crippen LogP contribution in [-0.4, -0.2) is 8.42 Å². The molecule has 7 heteroatoms.